The number of ether oxygens (including phenoxy) is 2. The molecule has 0 spiro atoms. The summed E-state index contributed by atoms with van der Waals surface area (Å²) in [6.07, 6.45) is 2.21. The second-order valence-corrected chi connectivity index (χ2v) is 10.4. The van der Waals surface area contributed by atoms with E-state index in [4.69, 9.17) is 9.47 Å². The Balaban J connectivity index is 1.13. The molecule has 37 heavy (non-hydrogen) atoms. The number of aromatic nitrogens is 1. The maximum atomic E-state index is 13.5. The van der Waals surface area contributed by atoms with Gasteiger partial charge in [-0.05, 0) is 39.9 Å². The molecule has 0 saturated carbocycles. The third-order valence-electron chi connectivity index (χ3n) is 8.25. The lowest BCUT2D eigenvalue weighted by atomic mass is 9.76. The number of amides is 1. The van der Waals surface area contributed by atoms with Gasteiger partial charge in [0.2, 0.25) is 0 Å². The number of piperidine rings is 1. The summed E-state index contributed by atoms with van der Waals surface area (Å²) in [4.78, 5) is 19.8. The zero-order chi connectivity index (χ0) is 25.0. The average Bonchev–Trinajstić information content (AvgIpc) is 3.24. The van der Waals surface area contributed by atoms with Crippen molar-refractivity contribution in [1.82, 2.24) is 9.88 Å². The Kier molecular flexibility index (Phi) is 5.27. The van der Waals surface area contributed by atoms with Gasteiger partial charge in [0.15, 0.2) is 0 Å². The molecule has 2 fully saturated rings. The molecular formula is C31H28N2O4. The molecule has 3 aromatic carbocycles. The first-order valence-corrected chi connectivity index (χ1v) is 12.9. The van der Waals surface area contributed by atoms with E-state index in [-0.39, 0.29) is 30.7 Å². The molecule has 1 aromatic heterocycles. The molecule has 1 aliphatic carbocycles. The van der Waals surface area contributed by atoms with E-state index in [1.165, 1.54) is 22.3 Å². The number of benzene rings is 3. The normalized spacial score (nSPS) is 24.5. The molecular weight excluding hydrogens is 464 g/mol. The number of morpholine rings is 1. The van der Waals surface area contributed by atoms with Crippen LogP contribution in [-0.2, 0) is 15.1 Å². The van der Waals surface area contributed by atoms with Crippen LogP contribution in [0.15, 0.2) is 85.1 Å². The quantitative estimate of drug-likeness (QED) is 0.424. The number of hydrogen-bond donors (Lipinski definition) is 1. The van der Waals surface area contributed by atoms with Gasteiger partial charge in [0.05, 0.1) is 36.4 Å². The number of aliphatic hydroxyl groups is 1. The summed E-state index contributed by atoms with van der Waals surface area (Å²) in [6, 6.07) is 25.9. The van der Waals surface area contributed by atoms with Gasteiger partial charge < -0.3 is 14.6 Å². The molecule has 6 heteroatoms. The fourth-order valence-corrected chi connectivity index (χ4v) is 6.67. The maximum absolute atomic E-state index is 13.5. The predicted octanol–water partition coefficient (Wildman–Crippen LogP) is 5.23. The van der Waals surface area contributed by atoms with E-state index in [0.29, 0.717) is 26.1 Å². The van der Waals surface area contributed by atoms with Gasteiger partial charge >= 0.3 is 6.09 Å². The van der Waals surface area contributed by atoms with Crippen LogP contribution in [0.3, 0.4) is 0 Å². The Morgan fingerprint density at radius 3 is 2.30 bits per heavy atom. The van der Waals surface area contributed by atoms with Crippen molar-refractivity contribution in [3.63, 3.8) is 0 Å². The van der Waals surface area contributed by atoms with Crippen LogP contribution in [0.5, 0.6) is 0 Å². The second-order valence-electron chi connectivity index (χ2n) is 10.4. The first-order valence-electron chi connectivity index (χ1n) is 12.9. The van der Waals surface area contributed by atoms with Gasteiger partial charge in [-0.15, -0.1) is 0 Å². The first-order chi connectivity index (χ1) is 18.1. The zero-order valence-corrected chi connectivity index (χ0v) is 20.4. The SMILES string of the molecule is O=C(OCC1c2ccccc2-c2ccccc21)N1C2COCC1CC(O)(c1cccc3ncccc13)C2. The van der Waals surface area contributed by atoms with Crippen LogP contribution in [-0.4, -0.2) is 53.0 Å². The van der Waals surface area contributed by atoms with Crippen LogP contribution in [0, 0.1) is 0 Å². The number of hydrogen-bond acceptors (Lipinski definition) is 5. The number of carbonyl (C=O) groups is 1. The molecule has 1 N–H and O–H groups in total. The summed E-state index contributed by atoms with van der Waals surface area (Å²) in [6.45, 7) is 1.04. The van der Waals surface area contributed by atoms with Gasteiger partial charge in [-0.3, -0.25) is 9.88 Å². The molecule has 6 nitrogen and oxygen atoms in total. The summed E-state index contributed by atoms with van der Waals surface area (Å²) < 4.78 is 11.8. The number of fused-ring (bicyclic) bond motifs is 6. The monoisotopic (exact) mass is 492 g/mol. The molecule has 186 valence electrons. The highest BCUT2D eigenvalue weighted by Gasteiger charge is 2.50. The van der Waals surface area contributed by atoms with Crippen molar-refractivity contribution < 1.29 is 19.4 Å². The first kappa shape index (κ1) is 22.5. The molecule has 0 radical (unpaired) electrons. The van der Waals surface area contributed by atoms with E-state index < -0.39 is 5.60 Å². The van der Waals surface area contributed by atoms with Gasteiger partial charge in [0, 0.05) is 30.3 Å². The summed E-state index contributed by atoms with van der Waals surface area (Å²) >= 11 is 0. The largest absolute Gasteiger partial charge is 0.448 e. The maximum Gasteiger partial charge on any atom is 0.410 e. The van der Waals surface area contributed by atoms with Crippen LogP contribution in [0.1, 0.15) is 35.4 Å². The van der Waals surface area contributed by atoms with Crippen LogP contribution in [0.4, 0.5) is 4.79 Å². The molecule has 2 atom stereocenters. The van der Waals surface area contributed by atoms with E-state index >= 15 is 0 Å². The Morgan fingerprint density at radius 2 is 1.59 bits per heavy atom. The Bertz CT molecular complexity index is 1440. The summed E-state index contributed by atoms with van der Waals surface area (Å²) in [5, 5.41) is 12.9. The van der Waals surface area contributed by atoms with E-state index in [2.05, 4.69) is 29.2 Å². The van der Waals surface area contributed by atoms with Crippen molar-refractivity contribution in [2.24, 2.45) is 0 Å². The number of carbonyl (C=O) groups excluding carboxylic acids is 1. The molecule has 7 rings (SSSR count). The molecule has 4 aromatic rings. The molecule has 3 aliphatic rings. The number of pyridine rings is 1. The van der Waals surface area contributed by atoms with Crippen molar-refractivity contribution >= 4 is 17.0 Å². The fraction of sp³-hybridized carbons (Fsp3) is 0.290. The molecule has 2 saturated heterocycles. The summed E-state index contributed by atoms with van der Waals surface area (Å²) in [5.41, 5.74) is 5.45. The van der Waals surface area contributed by atoms with Crippen molar-refractivity contribution in [2.45, 2.75) is 36.4 Å². The summed E-state index contributed by atoms with van der Waals surface area (Å²) in [7, 11) is 0. The van der Waals surface area contributed by atoms with Crippen molar-refractivity contribution in [1.29, 1.82) is 0 Å². The van der Waals surface area contributed by atoms with Gasteiger partial charge in [-0.1, -0.05) is 66.7 Å². The van der Waals surface area contributed by atoms with Gasteiger partial charge in [-0.25, -0.2) is 4.79 Å². The highest BCUT2D eigenvalue weighted by molar-refractivity contribution is 5.83. The molecule has 2 aliphatic heterocycles. The lowest BCUT2D eigenvalue weighted by Crippen LogP contribution is -2.62. The van der Waals surface area contributed by atoms with Gasteiger partial charge in [0.25, 0.3) is 0 Å². The third kappa shape index (κ3) is 3.63. The van der Waals surface area contributed by atoms with E-state index in [1.807, 2.05) is 59.5 Å². The predicted molar refractivity (Wildman–Crippen MR) is 140 cm³/mol. The zero-order valence-electron chi connectivity index (χ0n) is 20.4. The Hall–Kier alpha value is -3.74. The average molecular weight is 493 g/mol. The minimum Gasteiger partial charge on any atom is -0.448 e. The minimum absolute atomic E-state index is 0.0114. The lowest BCUT2D eigenvalue weighted by molar-refractivity contribution is -0.136. The fourth-order valence-electron chi connectivity index (χ4n) is 6.67. The standard InChI is InChI=1S/C31H28N2O4/c34-30(37-19-27-24-9-3-1-7-22(24)23-8-2-4-10-25(23)27)33-20-15-31(35,16-21(33)18-36-17-20)28-12-5-13-29-26(28)11-6-14-32-29/h1-14,20-21,27,35H,15-19H2. The molecule has 3 heterocycles. The van der Waals surface area contributed by atoms with Crippen molar-refractivity contribution in [2.75, 3.05) is 19.8 Å². The Labute approximate surface area is 215 Å². The van der Waals surface area contributed by atoms with Crippen molar-refractivity contribution in [3.8, 4) is 11.1 Å². The minimum atomic E-state index is -1.07. The molecule has 1 amide bonds. The van der Waals surface area contributed by atoms with E-state index in [1.54, 1.807) is 6.20 Å². The van der Waals surface area contributed by atoms with Crippen LogP contribution in [0.25, 0.3) is 22.0 Å². The number of rotatable bonds is 3. The van der Waals surface area contributed by atoms with Crippen molar-refractivity contribution in [3.05, 3.63) is 102 Å². The van der Waals surface area contributed by atoms with Crippen LogP contribution in [0.2, 0.25) is 0 Å². The molecule has 2 bridgehead atoms. The topological polar surface area (TPSA) is 71.9 Å². The second kappa shape index (κ2) is 8.68. The highest BCUT2D eigenvalue weighted by Crippen LogP contribution is 2.46. The van der Waals surface area contributed by atoms with Gasteiger partial charge in [0.1, 0.15) is 6.61 Å². The highest BCUT2D eigenvalue weighted by atomic mass is 16.6. The van der Waals surface area contributed by atoms with Gasteiger partial charge in [-0.2, -0.15) is 0 Å². The number of nitrogens with zero attached hydrogens (tertiary/aromatic N) is 2. The van der Waals surface area contributed by atoms with Crippen LogP contribution >= 0.6 is 0 Å². The molecule has 2 unspecified atom stereocenters. The third-order valence-corrected chi connectivity index (χ3v) is 8.25. The van der Waals surface area contributed by atoms with E-state index in [9.17, 15) is 9.90 Å². The Morgan fingerprint density at radius 1 is 0.919 bits per heavy atom. The lowest BCUT2D eigenvalue weighted by Gasteiger charge is -2.51. The smallest absolute Gasteiger partial charge is 0.410 e. The van der Waals surface area contributed by atoms with Crippen LogP contribution < -0.4 is 0 Å². The summed E-state index contributed by atoms with van der Waals surface area (Å²) in [5.74, 6) is 0.0114. The van der Waals surface area contributed by atoms with E-state index in [0.717, 1.165) is 16.5 Å².